The number of ether oxygens (including phenoxy) is 1. The molecule has 6 heteroatoms. The molecule has 2 rings (SSSR count). The third-order valence-electron chi connectivity index (χ3n) is 2.68. The average Bonchev–Trinajstić information content (AvgIpc) is 2.97. The molecule has 1 unspecified atom stereocenters. The van der Waals surface area contributed by atoms with Gasteiger partial charge in [-0.3, -0.25) is 4.79 Å². The molecular weight excluding hydrogens is 258 g/mol. The molecule has 2 aromatic rings. The summed E-state index contributed by atoms with van der Waals surface area (Å²) in [6.07, 6.45) is 1.19. The third-order valence-corrected chi connectivity index (χ3v) is 2.68. The lowest BCUT2D eigenvalue weighted by Gasteiger charge is -2.06. The topological polar surface area (TPSA) is 77.2 Å². The normalized spacial score (nSPS) is 11.7. The Morgan fingerprint density at radius 3 is 3.05 bits per heavy atom. The molecule has 20 heavy (non-hydrogen) atoms. The van der Waals surface area contributed by atoms with E-state index in [9.17, 15) is 4.79 Å². The van der Waals surface area contributed by atoms with E-state index in [1.165, 1.54) is 6.08 Å². The highest BCUT2D eigenvalue weighted by Crippen LogP contribution is 2.22. The smallest absolute Gasteiger partial charge is 0.249 e. The van der Waals surface area contributed by atoms with Gasteiger partial charge in [0.15, 0.2) is 0 Å². The summed E-state index contributed by atoms with van der Waals surface area (Å²) in [5.41, 5.74) is 0.779. The quantitative estimate of drug-likeness (QED) is 0.844. The summed E-state index contributed by atoms with van der Waals surface area (Å²) in [7, 11) is 1.59. The van der Waals surface area contributed by atoms with Crippen molar-refractivity contribution in [3.05, 3.63) is 42.8 Å². The van der Waals surface area contributed by atoms with Crippen LogP contribution in [0.2, 0.25) is 0 Å². The maximum absolute atomic E-state index is 11.2. The zero-order valence-corrected chi connectivity index (χ0v) is 11.3. The summed E-state index contributed by atoms with van der Waals surface area (Å²) in [4.78, 5) is 15.5. The fourth-order valence-corrected chi connectivity index (χ4v) is 1.62. The molecule has 1 atom stereocenters. The predicted molar refractivity (Wildman–Crippen MR) is 73.0 cm³/mol. The molecule has 0 saturated carbocycles. The average molecular weight is 273 g/mol. The number of amides is 1. The largest absolute Gasteiger partial charge is 0.497 e. The molecular formula is C14H15N3O3. The van der Waals surface area contributed by atoms with E-state index in [0.29, 0.717) is 17.5 Å². The van der Waals surface area contributed by atoms with Crippen molar-refractivity contribution in [3.8, 4) is 17.1 Å². The number of carbonyl (C=O) groups is 1. The molecule has 0 saturated heterocycles. The first-order valence-electron chi connectivity index (χ1n) is 6.05. The Bertz CT molecular complexity index is 622. The van der Waals surface area contributed by atoms with Crippen LogP contribution in [-0.4, -0.2) is 23.2 Å². The second-order valence-electron chi connectivity index (χ2n) is 4.12. The standard InChI is InChI=1S/C14H15N3O3/c1-4-12(18)15-9(2)14-16-13(17-20-14)10-6-5-7-11(8-10)19-3/h4-9H,1H2,2-3H3,(H,15,18). The second-order valence-corrected chi connectivity index (χ2v) is 4.12. The van der Waals surface area contributed by atoms with Gasteiger partial charge < -0.3 is 14.6 Å². The van der Waals surface area contributed by atoms with E-state index in [1.807, 2.05) is 24.3 Å². The molecule has 1 aromatic carbocycles. The molecule has 0 aliphatic carbocycles. The van der Waals surface area contributed by atoms with Crippen LogP contribution in [0.1, 0.15) is 18.9 Å². The van der Waals surface area contributed by atoms with Gasteiger partial charge in [0.25, 0.3) is 0 Å². The van der Waals surface area contributed by atoms with Crippen LogP contribution in [0.5, 0.6) is 5.75 Å². The fourth-order valence-electron chi connectivity index (χ4n) is 1.62. The molecule has 0 aliphatic heterocycles. The number of hydrogen-bond acceptors (Lipinski definition) is 5. The zero-order valence-electron chi connectivity index (χ0n) is 11.3. The van der Waals surface area contributed by atoms with Gasteiger partial charge in [0.1, 0.15) is 11.8 Å². The highest BCUT2D eigenvalue weighted by atomic mass is 16.5. The van der Waals surface area contributed by atoms with E-state index < -0.39 is 0 Å². The first-order chi connectivity index (χ1) is 9.63. The molecule has 6 nitrogen and oxygen atoms in total. The number of carbonyl (C=O) groups excluding carboxylic acids is 1. The Balaban J connectivity index is 2.19. The maximum Gasteiger partial charge on any atom is 0.249 e. The fraction of sp³-hybridized carbons (Fsp3) is 0.214. The summed E-state index contributed by atoms with van der Waals surface area (Å²) >= 11 is 0. The van der Waals surface area contributed by atoms with Gasteiger partial charge in [0.05, 0.1) is 7.11 Å². The van der Waals surface area contributed by atoms with E-state index in [2.05, 4.69) is 22.0 Å². The molecule has 1 heterocycles. The van der Waals surface area contributed by atoms with Gasteiger partial charge in [-0.05, 0) is 25.1 Å². The minimum Gasteiger partial charge on any atom is -0.497 e. The van der Waals surface area contributed by atoms with E-state index in [1.54, 1.807) is 14.0 Å². The minimum atomic E-state index is -0.382. The van der Waals surface area contributed by atoms with Crippen molar-refractivity contribution in [3.63, 3.8) is 0 Å². The van der Waals surface area contributed by atoms with Gasteiger partial charge in [-0.15, -0.1) is 0 Å². The lowest BCUT2D eigenvalue weighted by atomic mass is 10.2. The number of rotatable bonds is 5. The summed E-state index contributed by atoms with van der Waals surface area (Å²) in [5, 5.41) is 6.55. The molecule has 1 aromatic heterocycles. The SMILES string of the molecule is C=CC(=O)NC(C)c1nc(-c2cccc(OC)c2)no1. The van der Waals surface area contributed by atoms with Crippen LogP contribution < -0.4 is 10.1 Å². The predicted octanol–water partition coefficient (Wildman–Crippen LogP) is 2.11. The van der Waals surface area contributed by atoms with E-state index in [4.69, 9.17) is 9.26 Å². The van der Waals surface area contributed by atoms with Crippen molar-refractivity contribution in [2.45, 2.75) is 13.0 Å². The van der Waals surface area contributed by atoms with E-state index >= 15 is 0 Å². The lowest BCUT2D eigenvalue weighted by molar-refractivity contribution is -0.117. The maximum atomic E-state index is 11.2. The van der Waals surface area contributed by atoms with Gasteiger partial charge in [-0.1, -0.05) is 23.9 Å². The van der Waals surface area contributed by atoms with Crippen LogP contribution in [0.25, 0.3) is 11.4 Å². The monoisotopic (exact) mass is 273 g/mol. The summed E-state index contributed by atoms with van der Waals surface area (Å²) < 4.78 is 10.3. The van der Waals surface area contributed by atoms with Gasteiger partial charge in [-0.25, -0.2) is 0 Å². The Morgan fingerprint density at radius 1 is 1.55 bits per heavy atom. The van der Waals surface area contributed by atoms with Crippen molar-refractivity contribution in [2.24, 2.45) is 0 Å². The van der Waals surface area contributed by atoms with Crippen LogP contribution in [0.15, 0.2) is 41.4 Å². The molecule has 0 bridgehead atoms. The summed E-state index contributed by atoms with van der Waals surface area (Å²) in [6.45, 7) is 5.14. The van der Waals surface area contributed by atoms with Crippen molar-refractivity contribution < 1.29 is 14.1 Å². The number of nitrogens with one attached hydrogen (secondary N) is 1. The number of aromatic nitrogens is 2. The molecule has 0 radical (unpaired) electrons. The molecule has 0 aliphatic rings. The number of benzene rings is 1. The molecule has 1 amide bonds. The van der Waals surface area contributed by atoms with Crippen LogP contribution in [0, 0.1) is 0 Å². The van der Waals surface area contributed by atoms with Gasteiger partial charge >= 0.3 is 0 Å². The van der Waals surface area contributed by atoms with Gasteiger partial charge in [0, 0.05) is 5.56 Å². The minimum absolute atomic E-state index is 0.293. The molecule has 0 spiro atoms. The van der Waals surface area contributed by atoms with Crippen LogP contribution in [0.4, 0.5) is 0 Å². The molecule has 1 N–H and O–H groups in total. The highest BCUT2D eigenvalue weighted by molar-refractivity contribution is 5.87. The number of nitrogens with zero attached hydrogens (tertiary/aromatic N) is 2. The Labute approximate surface area is 116 Å². The lowest BCUT2D eigenvalue weighted by Crippen LogP contribution is -2.24. The molecule has 104 valence electrons. The zero-order chi connectivity index (χ0) is 14.5. The summed E-state index contributed by atoms with van der Waals surface area (Å²) in [6, 6.07) is 6.95. The summed E-state index contributed by atoms with van der Waals surface area (Å²) in [5.74, 6) is 1.19. The van der Waals surface area contributed by atoms with Crippen LogP contribution >= 0.6 is 0 Å². The van der Waals surface area contributed by atoms with Gasteiger partial charge in [0.2, 0.25) is 17.6 Å². The highest BCUT2D eigenvalue weighted by Gasteiger charge is 2.16. The van der Waals surface area contributed by atoms with E-state index in [-0.39, 0.29) is 11.9 Å². The first kappa shape index (κ1) is 13.8. The molecule has 0 fully saturated rings. The van der Waals surface area contributed by atoms with Crippen molar-refractivity contribution in [1.82, 2.24) is 15.5 Å². The van der Waals surface area contributed by atoms with Crippen molar-refractivity contribution in [1.29, 1.82) is 0 Å². The Hall–Kier alpha value is -2.63. The van der Waals surface area contributed by atoms with Crippen molar-refractivity contribution >= 4 is 5.91 Å². The van der Waals surface area contributed by atoms with Crippen LogP contribution in [-0.2, 0) is 4.79 Å². The Morgan fingerprint density at radius 2 is 2.35 bits per heavy atom. The van der Waals surface area contributed by atoms with Crippen LogP contribution in [0.3, 0.4) is 0 Å². The van der Waals surface area contributed by atoms with Gasteiger partial charge in [-0.2, -0.15) is 4.98 Å². The van der Waals surface area contributed by atoms with Crippen molar-refractivity contribution in [2.75, 3.05) is 7.11 Å². The van der Waals surface area contributed by atoms with E-state index in [0.717, 1.165) is 5.56 Å². The first-order valence-corrected chi connectivity index (χ1v) is 6.05. The Kier molecular flexibility index (Phi) is 4.14. The second kappa shape index (κ2) is 6.01. The number of hydrogen-bond donors (Lipinski definition) is 1. The third kappa shape index (κ3) is 3.03. The number of methoxy groups -OCH3 is 1.